The number of nitrogens with zero attached hydrogens (tertiary/aromatic N) is 3. The van der Waals surface area contributed by atoms with Crippen LogP contribution in [0.2, 0.25) is 0 Å². The monoisotopic (exact) mass is 276 g/mol. The third-order valence-corrected chi connectivity index (χ3v) is 3.22. The fraction of sp³-hybridized carbons (Fsp3) is 0.308. The molecule has 106 valence electrons. The Bertz CT molecular complexity index is 651. The van der Waals surface area contributed by atoms with Gasteiger partial charge in [0.1, 0.15) is 11.4 Å². The van der Waals surface area contributed by atoms with E-state index in [0.717, 1.165) is 5.56 Å². The van der Waals surface area contributed by atoms with Crippen LogP contribution in [-0.4, -0.2) is 21.8 Å². The van der Waals surface area contributed by atoms with Gasteiger partial charge in [-0.3, -0.25) is 10.1 Å². The lowest BCUT2D eigenvalue weighted by Crippen LogP contribution is -2.12. The maximum absolute atomic E-state index is 11.0. The standard InChI is InChI=1S/C13H16N4O3/c1-8-12(17(18)19)13(14)16(15-8)9(2)10-5-4-6-11(7-10)20-3/h4-7,9H,14H2,1-3H3. The molecule has 7 heteroatoms. The van der Waals surface area contributed by atoms with Gasteiger partial charge in [-0.25, -0.2) is 4.68 Å². The zero-order chi connectivity index (χ0) is 14.9. The highest BCUT2D eigenvalue weighted by molar-refractivity contribution is 5.56. The van der Waals surface area contributed by atoms with Crippen molar-refractivity contribution < 1.29 is 9.66 Å². The van der Waals surface area contributed by atoms with E-state index < -0.39 is 4.92 Å². The summed E-state index contributed by atoms with van der Waals surface area (Å²) in [6, 6.07) is 7.21. The van der Waals surface area contributed by atoms with Crippen molar-refractivity contribution in [3.63, 3.8) is 0 Å². The summed E-state index contributed by atoms with van der Waals surface area (Å²) in [6.07, 6.45) is 0. The molecule has 0 aliphatic rings. The van der Waals surface area contributed by atoms with Gasteiger partial charge in [0.2, 0.25) is 5.82 Å². The summed E-state index contributed by atoms with van der Waals surface area (Å²) in [7, 11) is 1.58. The molecule has 0 saturated carbocycles. The van der Waals surface area contributed by atoms with E-state index in [0.29, 0.717) is 11.4 Å². The molecule has 2 N–H and O–H groups in total. The molecule has 0 bridgehead atoms. The van der Waals surface area contributed by atoms with Crippen LogP contribution in [0.25, 0.3) is 0 Å². The number of nitro groups is 1. The second-order valence-corrected chi connectivity index (χ2v) is 4.47. The molecule has 7 nitrogen and oxygen atoms in total. The molecule has 0 aliphatic heterocycles. The van der Waals surface area contributed by atoms with Gasteiger partial charge in [0.15, 0.2) is 0 Å². The molecule has 2 rings (SSSR count). The van der Waals surface area contributed by atoms with E-state index in [-0.39, 0.29) is 17.5 Å². The normalized spacial score (nSPS) is 12.2. The SMILES string of the molecule is COc1cccc(C(C)n2nc(C)c([N+](=O)[O-])c2N)c1. The van der Waals surface area contributed by atoms with Crippen molar-refractivity contribution in [1.29, 1.82) is 0 Å². The second kappa shape index (κ2) is 5.20. The van der Waals surface area contributed by atoms with Crippen molar-refractivity contribution in [2.45, 2.75) is 19.9 Å². The van der Waals surface area contributed by atoms with Crippen LogP contribution >= 0.6 is 0 Å². The number of nitrogens with two attached hydrogens (primary N) is 1. The second-order valence-electron chi connectivity index (χ2n) is 4.47. The van der Waals surface area contributed by atoms with Crippen molar-refractivity contribution in [1.82, 2.24) is 9.78 Å². The third kappa shape index (κ3) is 2.29. The van der Waals surface area contributed by atoms with Gasteiger partial charge >= 0.3 is 5.69 Å². The highest BCUT2D eigenvalue weighted by Gasteiger charge is 2.25. The Hall–Kier alpha value is -2.57. The number of ether oxygens (including phenoxy) is 1. The van der Waals surface area contributed by atoms with Gasteiger partial charge in [-0.1, -0.05) is 12.1 Å². The first-order valence-corrected chi connectivity index (χ1v) is 6.08. The maximum Gasteiger partial charge on any atom is 0.333 e. The van der Waals surface area contributed by atoms with E-state index in [9.17, 15) is 10.1 Å². The Morgan fingerprint density at radius 3 is 2.75 bits per heavy atom. The van der Waals surface area contributed by atoms with Crippen molar-refractivity contribution >= 4 is 11.5 Å². The number of aromatic nitrogens is 2. The molecule has 0 radical (unpaired) electrons. The zero-order valence-corrected chi connectivity index (χ0v) is 11.5. The highest BCUT2D eigenvalue weighted by atomic mass is 16.6. The van der Waals surface area contributed by atoms with Gasteiger partial charge in [-0.15, -0.1) is 0 Å². The molecule has 0 spiro atoms. The molecule has 1 aromatic carbocycles. The average Bonchev–Trinajstić information content (AvgIpc) is 2.73. The molecule has 2 aromatic rings. The first-order chi connectivity index (χ1) is 9.45. The molecule has 0 fully saturated rings. The van der Waals surface area contributed by atoms with Crippen LogP contribution in [0, 0.1) is 17.0 Å². The molecule has 1 unspecified atom stereocenters. The smallest absolute Gasteiger partial charge is 0.333 e. The molecule has 20 heavy (non-hydrogen) atoms. The Balaban J connectivity index is 2.45. The van der Waals surface area contributed by atoms with Crippen molar-refractivity contribution in [2.75, 3.05) is 12.8 Å². The Kier molecular flexibility index (Phi) is 3.60. The van der Waals surface area contributed by atoms with Crippen LogP contribution in [0.3, 0.4) is 0 Å². The van der Waals surface area contributed by atoms with Crippen molar-refractivity contribution in [2.24, 2.45) is 0 Å². The molecule has 1 heterocycles. The predicted molar refractivity (Wildman–Crippen MR) is 74.8 cm³/mol. The lowest BCUT2D eigenvalue weighted by atomic mass is 10.1. The Morgan fingerprint density at radius 2 is 2.20 bits per heavy atom. The van der Waals surface area contributed by atoms with Crippen molar-refractivity contribution in [3.8, 4) is 5.75 Å². The number of aryl methyl sites for hydroxylation is 1. The summed E-state index contributed by atoms with van der Waals surface area (Å²) in [4.78, 5) is 10.5. The van der Waals surface area contributed by atoms with Gasteiger partial charge in [0.05, 0.1) is 18.1 Å². The fourth-order valence-electron chi connectivity index (χ4n) is 2.12. The number of hydrogen-bond acceptors (Lipinski definition) is 5. The highest BCUT2D eigenvalue weighted by Crippen LogP contribution is 2.31. The lowest BCUT2D eigenvalue weighted by molar-refractivity contribution is -0.384. The average molecular weight is 276 g/mol. The summed E-state index contributed by atoms with van der Waals surface area (Å²) in [5, 5.41) is 15.1. The van der Waals surface area contributed by atoms with E-state index in [1.54, 1.807) is 14.0 Å². The van der Waals surface area contributed by atoms with Crippen LogP contribution in [-0.2, 0) is 0 Å². The quantitative estimate of drug-likeness (QED) is 0.682. The van der Waals surface area contributed by atoms with Crippen LogP contribution in [0.5, 0.6) is 5.75 Å². The van der Waals surface area contributed by atoms with Crippen LogP contribution in [0.15, 0.2) is 24.3 Å². The minimum absolute atomic E-state index is 0.0582. The third-order valence-electron chi connectivity index (χ3n) is 3.22. The first-order valence-electron chi connectivity index (χ1n) is 6.08. The predicted octanol–water partition coefficient (Wildman–Crippen LogP) is 2.30. The summed E-state index contributed by atoms with van der Waals surface area (Å²) in [5.41, 5.74) is 6.92. The summed E-state index contributed by atoms with van der Waals surface area (Å²) < 4.78 is 6.63. The molecule has 1 aromatic heterocycles. The molecule has 0 aliphatic carbocycles. The van der Waals surface area contributed by atoms with Crippen LogP contribution in [0.1, 0.15) is 24.2 Å². The minimum atomic E-state index is -0.507. The number of methoxy groups -OCH3 is 1. The molecule has 0 amide bonds. The van der Waals surface area contributed by atoms with E-state index in [1.807, 2.05) is 31.2 Å². The van der Waals surface area contributed by atoms with Crippen LogP contribution in [0.4, 0.5) is 11.5 Å². The number of hydrogen-bond donors (Lipinski definition) is 1. The van der Waals surface area contributed by atoms with Crippen molar-refractivity contribution in [3.05, 3.63) is 45.6 Å². The maximum atomic E-state index is 11.0. The topological polar surface area (TPSA) is 96.2 Å². The summed E-state index contributed by atoms with van der Waals surface area (Å²) in [5.74, 6) is 0.772. The molecule has 0 saturated heterocycles. The van der Waals surface area contributed by atoms with Gasteiger partial charge < -0.3 is 10.5 Å². The molecule has 1 atom stereocenters. The summed E-state index contributed by atoms with van der Waals surface area (Å²) in [6.45, 7) is 3.45. The fourth-order valence-corrected chi connectivity index (χ4v) is 2.12. The molecular formula is C13H16N4O3. The zero-order valence-electron chi connectivity index (χ0n) is 11.5. The van der Waals surface area contributed by atoms with Gasteiger partial charge in [-0.05, 0) is 31.5 Å². The lowest BCUT2D eigenvalue weighted by Gasteiger charge is -2.14. The first kappa shape index (κ1) is 13.9. The van der Waals surface area contributed by atoms with Gasteiger partial charge in [0, 0.05) is 0 Å². The largest absolute Gasteiger partial charge is 0.497 e. The Labute approximate surface area is 116 Å². The van der Waals surface area contributed by atoms with Gasteiger partial charge in [0.25, 0.3) is 0 Å². The molecular weight excluding hydrogens is 260 g/mol. The van der Waals surface area contributed by atoms with E-state index in [4.69, 9.17) is 10.5 Å². The number of anilines is 1. The minimum Gasteiger partial charge on any atom is -0.497 e. The number of rotatable bonds is 4. The number of benzene rings is 1. The van der Waals surface area contributed by atoms with E-state index in [2.05, 4.69) is 5.10 Å². The van der Waals surface area contributed by atoms with E-state index >= 15 is 0 Å². The summed E-state index contributed by atoms with van der Waals surface area (Å²) >= 11 is 0. The van der Waals surface area contributed by atoms with Crippen LogP contribution < -0.4 is 10.5 Å². The Morgan fingerprint density at radius 1 is 1.50 bits per heavy atom. The van der Waals surface area contributed by atoms with E-state index in [1.165, 1.54) is 4.68 Å². The van der Waals surface area contributed by atoms with Gasteiger partial charge in [-0.2, -0.15) is 5.10 Å². The number of nitrogen functional groups attached to an aromatic ring is 1.